The number of likely N-dealkylation sites (tertiary alicyclic amines) is 1. The van der Waals surface area contributed by atoms with E-state index in [1.807, 2.05) is 6.92 Å². The van der Waals surface area contributed by atoms with E-state index in [1.54, 1.807) is 4.90 Å². The Kier molecular flexibility index (Phi) is 2.90. The first kappa shape index (κ1) is 11.8. The SMILES string of the molecule is CC1CCN(C(=O)C2CC(F)(F)CN2)C1C. The van der Waals surface area contributed by atoms with Gasteiger partial charge in [0.2, 0.25) is 5.91 Å². The molecule has 5 heteroatoms. The van der Waals surface area contributed by atoms with Crippen LogP contribution in [0.4, 0.5) is 8.78 Å². The first-order valence-electron chi connectivity index (χ1n) is 5.82. The van der Waals surface area contributed by atoms with E-state index in [2.05, 4.69) is 12.2 Å². The molecule has 2 rings (SSSR count). The van der Waals surface area contributed by atoms with Gasteiger partial charge < -0.3 is 4.90 Å². The molecule has 1 N–H and O–H groups in total. The van der Waals surface area contributed by atoms with E-state index in [-0.39, 0.29) is 24.9 Å². The van der Waals surface area contributed by atoms with Crippen LogP contribution >= 0.6 is 0 Å². The van der Waals surface area contributed by atoms with Gasteiger partial charge in [-0.3, -0.25) is 10.1 Å². The highest BCUT2D eigenvalue weighted by atomic mass is 19.3. The van der Waals surface area contributed by atoms with Crippen molar-refractivity contribution in [2.75, 3.05) is 13.1 Å². The van der Waals surface area contributed by atoms with Gasteiger partial charge in [0.1, 0.15) is 0 Å². The zero-order valence-electron chi connectivity index (χ0n) is 9.67. The summed E-state index contributed by atoms with van der Waals surface area (Å²) < 4.78 is 26.0. The molecule has 0 aliphatic carbocycles. The fraction of sp³-hybridized carbons (Fsp3) is 0.909. The molecule has 0 aromatic heterocycles. The van der Waals surface area contributed by atoms with Crippen LogP contribution in [-0.4, -0.2) is 41.9 Å². The summed E-state index contributed by atoms with van der Waals surface area (Å²) >= 11 is 0. The molecule has 92 valence electrons. The topological polar surface area (TPSA) is 32.3 Å². The van der Waals surface area contributed by atoms with Crippen molar-refractivity contribution in [1.82, 2.24) is 10.2 Å². The Morgan fingerprint density at radius 3 is 2.56 bits per heavy atom. The number of carbonyl (C=O) groups is 1. The Hall–Kier alpha value is -0.710. The van der Waals surface area contributed by atoms with Crippen molar-refractivity contribution in [3.05, 3.63) is 0 Å². The van der Waals surface area contributed by atoms with Crippen LogP contribution in [0.5, 0.6) is 0 Å². The van der Waals surface area contributed by atoms with E-state index >= 15 is 0 Å². The lowest BCUT2D eigenvalue weighted by Gasteiger charge is -2.26. The second-order valence-electron chi connectivity index (χ2n) is 5.03. The number of rotatable bonds is 1. The number of carbonyl (C=O) groups excluding carboxylic acids is 1. The van der Waals surface area contributed by atoms with Gasteiger partial charge in [0.25, 0.3) is 5.92 Å². The molecule has 0 saturated carbocycles. The third-order valence-corrected chi connectivity index (χ3v) is 3.83. The lowest BCUT2D eigenvalue weighted by Crippen LogP contribution is -2.45. The number of halogens is 2. The molecule has 1 amide bonds. The predicted molar refractivity (Wildman–Crippen MR) is 56.3 cm³/mol. The monoisotopic (exact) mass is 232 g/mol. The quantitative estimate of drug-likeness (QED) is 0.737. The fourth-order valence-corrected chi connectivity index (χ4v) is 2.50. The number of nitrogens with one attached hydrogen (secondary N) is 1. The Labute approximate surface area is 94.2 Å². The van der Waals surface area contributed by atoms with Gasteiger partial charge in [-0.1, -0.05) is 6.92 Å². The maximum Gasteiger partial charge on any atom is 0.262 e. The third-order valence-electron chi connectivity index (χ3n) is 3.83. The summed E-state index contributed by atoms with van der Waals surface area (Å²) in [4.78, 5) is 13.8. The third kappa shape index (κ3) is 2.05. The summed E-state index contributed by atoms with van der Waals surface area (Å²) in [5, 5.41) is 2.62. The van der Waals surface area contributed by atoms with E-state index < -0.39 is 12.0 Å². The highest BCUT2D eigenvalue weighted by Crippen LogP contribution is 2.29. The molecule has 0 aromatic carbocycles. The van der Waals surface area contributed by atoms with E-state index in [4.69, 9.17) is 0 Å². The number of hydrogen-bond donors (Lipinski definition) is 1. The molecule has 0 bridgehead atoms. The van der Waals surface area contributed by atoms with Crippen LogP contribution in [0.3, 0.4) is 0 Å². The highest BCUT2D eigenvalue weighted by Gasteiger charge is 2.45. The van der Waals surface area contributed by atoms with Crippen LogP contribution in [0.2, 0.25) is 0 Å². The predicted octanol–water partition coefficient (Wildman–Crippen LogP) is 1.24. The Morgan fingerprint density at radius 1 is 1.44 bits per heavy atom. The molecule has 3 atom stereocenters. The maximum atomic E-state index is 13.0. The molecular formula is C11H18F2N2O. The van der Waals surface area contributed by atoms with Crippen molar-refractivity contribution in [1.29, 1.82) is 0 Å². The molecule has 0 spiro atoms. The van der Waals surface area contributed by atoms with Gasteiger partial charge in [-0.2, -0.15) is 0 Å². The second-order valence-corrected chi connectivity index (χ2v) is 5.03. The molecule has 2 aliphatic heterocycles. The molecule has 2 saturated heterocycles. The fourth-order valence-electron chi connectivity index (χ4n) is 2.50. The molecule has 16 heavy (non-hydrogen) atoms. The number of alkyl halides is 2. The Bertz CT molecular complexity index is 296. The van der Waals surface area contributed by atoms with E-state index in [0.717, 1.165) is 6.42 Å². The van der Waals surface area contributed by atoms with Crippen LogP contribution in [0.25, 0.3) is 0 Å². The smallest absolute Gasteiger partial charge is 0.262 e. The summed E-state index contributed by atoms with van der Waals surface area (Å²) in [6.45, 7) is 4.41. The Morgan fingerprint density at radius 2 is 2.12 bits per heavy atom. The van der Waals surface area contributed by atoms with Crippen molar-refractivity contribution in [2.24, 2.45) is 5.92 Å². The van der Waals surface area contributed by atoms with Gasteiger partial charge in [0.15, 0.2) is 0 Å². The van der Waals surface area contributed by atoms with Crippen molar-refractivity contribution < 1.29 is 13.6 Å². The molecule has 2 fully saturated rings. The summed E-state index contributed by atoms with van der Waals surface area (Å²) in [6.07, 6.45) is 0.611. The van der Waals surface area contributed by atoms with Gasteiger partial charge >= 0.3 is 0 Å². The second kappa shape index (κ2) is 3.95. The largest absolute Gasteiger partial charge is 0.338 e. The van der Waals surface area contributed by atoms with Gasteiger partial charge in [-0.05, 0) is 19.3 Å². The summed E-state index contributed by atoms with van der Waals surface area (Å²) in [5.41, 5.74) is 0. The molecule has 0 aromatic rings. The lowest BCUT2D eigenvalue weighted by atomic mass is 10.0. The average molecular weight is 232 g/mol. The van der Waals surface area contributed by atoms with E-state index in [9.17, 15) is 13.6 Å². The summed E-state index contributed by atoms with van der Waals surface area (Å²) in [7, 11) is 0. The highest BCUT2D eigenvalue weighted by molar-refractivity contribution is 5.83. The summed E-state index contributed by atoms with van der Waals surface area (Å²) in [5.74, 6) is -2.42. The lowest BCUT2D eigenvalue weighted by molar-refractivity contribution is -0.134. The van der Waals surface area contributed by atoms with Crippen molar-refractivity contribution in [3.8, 4) is 0 Å². The number of nitrogens with zero attached hydrogens (tertiary/aromatic N) is 1. The van der Waals surface area contributed by atoms with Crippen molar-refractivity contribution in [3.63, 3.8) is 0 Å². The van der Waals surface area contributed by atoms with E-state index in [1.165, 1.54) is 0 Å². The first-order valence-corrected chi connectivity index (χ1v) is 5.82. The Balaban J connectivity index is 1.99. The molecular weight excluding hydrogens is 214 g/mol. The molecule has 0 radical (unpaired) electrons. The van der Waals surface area contributed by atoms with Gasteiger partial charge in [0.05, 0.1) is 12.6 Å². The minimum absolute atomic E-state index is 0.158. The zero-order valence-corrected chi connectivity index (χ0v) is 9.67. The normalized spacial score (nSPS) is 38.0. The molecule has 3 nitrogen and oxygen atoms in total. The van der Waals surface area contributed by atoms with E-state index in [0.29, 0.717) is 12.5 Å². The molecule has 2 heterocycles. The standard InChI is InChI=1S/C11H18F2N2O/c1-7-3-4-15(8(7)2)10(16)9-5-11(12,13)6-14-9/h7-9,14H,3-6H2,1-2H3. The molecule has 3 unspecified atom stereocenters. The van der Waals surface area contributed by atoms with Crippen LogP contribution in [0.1, 0.15) is 26.7 Å². The number of amides is 1. The first-order chi connectivity index (χ1) is 7.41. The van der Waals surface area contributed by atoms with Gasteiger partial charge in [-0.15, -0.1) is 0 Å². The van der Waals surface area contributed by atoms with Crippen LogP contribution in [0, 0.1) is 5.92 Å². The van der Waals surface area contributed by atoms with Gasteiger partial charge in [0, 0.05) is 19.0 Å². The minimum atomic E-state index is -2.73. The zero-order chi connectivity index (χ0) is 11.9. The van der Waals surface area contributed by atoms with Crippen LogP contribution in [0.15, 0.2) is 0 Å². The van der Waals surface area contributed by atoms with Crippen LogP contribution in [-0.2, 0) is 4.79 Å². The minimum Gasteiger partial charge on any atom is -0.338 e. The molecule has 2 aliphatic rings. The summed E-state index contributed by atoms with van der Waals surface area (Å²) in [6, 6.07) is -0.522. The van der Waals surface area contributed by atoms with Crippen LogP contribution < -0.4 is 5.32 Å². The van der Waals surface area contributed by atoms with Crippen molar-refractivity contribution >= 4 is 5.91 Å². The van der Waals surface area contributed by atoms with Gasteiger partial charge in [-0.25, -0.2) is 8.78 Å². The maximum absolute atomic E-state index is 13.0. The van der Waals surface area contributed by atoms with Crippen molar-refractivity contribution in [2.45, 2.75) is 44.7 Å². The average Bonchev–Trinajstić information content (AvgIpc) is 2.71. The number of hydrogen-bond acceptors (Lipinski definition) is 2.